The van der Waals surface area contributed by atoms with Crippen LogP contribution < -0.4 is 0 Å². The number of Topliss-reactive ketones (excluding diaryl/α,β-unsaturated/α-hetero) is 1. The van der Waals surface area contributed by atoms with Gasteiger partial charge in [0.1, 0.15) is 5.92 Å². The summed E-state index contributed by atoms with van der Waals surface area (Å²) < 4.78 is 0. The van der Waals surface area contributed by atoms with E-state index >= 15 is 0 Å². The minimum absolute atomic E-state index is 0.0405. The lowest BCUT2D eigenvalue weighted by molar-refractivity contribution is -0.153. The van der Waals surface area contributed by atoms with Crippen LogP contribution in [0.1, 0.15) is 25.7 Å². The molecule has 3 fully saturated rings. The maximum atomic E-state index is 11.9. The zero-order valence-corrected chi connectivity index (χ0v) is 7.98. The van der Waals surface area contributed by atoms with Gasteiger partial charge in [-0.3, -0.25) is 9.59 Å². The number of aliphatic carboxylic acids is 1. The summed E-state index contributed by atoms with van der Waals surface area (Å²) in [5.41, 5.74) is 0. The van der Waals surface area contributed by atoms with Crippen molar-refractivity contribution < 1.29 is 14.7 Å². The molecule has 14 heavy (non-hydrogen) atoms. The largest absolute Gasteiger partial charge is 0.481 e. The number of ketones is 1. The van der Waals surface area contributed by atoms with E-state index in [2.05, 4.69) is 0 Å². The molecule has 0 spiro atoms. The Kier molecular flexibility index (Phi) is 1.56. The van der Waals surface area contributed by atoms with Crippen molar-refractivity contribution in [3.8, 4) is 0 Å². The predicted octanol–water partition coefficient (Wildman–Crippen LogP) is 1.32. The van der Waals surface area contributed by atoms with E-state index < -0.39 is 11.9 Å². The highest BCUT2D eigenvalue weighted by Gasteiger charge is 2.55. The molecule has 3 bridgehead atoms. The Bertz CT molecular complexity index is 308. The Labute approximate surface area is 82.5 Å². The van der Waals surface area contributed by atoms with Gasteiger partial charge in [0.25, 0.3) is 0 Å². The first-order valence-electron chi connectivity index (χ1n) is 5.43. The molecule has 3 rings (SSSR count). The van der Waals surface area contributed by atoms with E-state index in [4.69, 9.17) is 5.11 Å². The van der Waals surface area contributed by atoms with Crippen molar-refractivity contribution in [3.05, 3.63) is 0 Å². The minimum Gasteiger partial charge on any atom is -0.481 e. The lowest BCUT2D eigenvalue weighted by Gasteiger charge is -2.36. The maximum absolute atomic E-state index is 11.9. The summed E-state index contributed by atoms with van der Waals surface area (Å²) in [7, 11) is 0. The summed E-state index contributed by atoms with van der Waals surface area (Å²) in [6.07, 6.45) is 4.13. The third-order valence-corrected chi connectivity index (χ3v) is 4.44. The first-order valence-corrected chi connectivity index (χ1v) is 5.43. The Balaban J connectivity index is 1.98. The van der Waals surface area contributed by atoms with Crippen LogP contribution in [-0.2, 0) is 9.59 Å². The number of hydrogen-bond acceptors (Lipinski definition) is 2. The normalized spacial score (nSPS) is 49.7. The van der Waals surface area contributed by atoms with Crippen molar-refractivity contribution >= 4 is 11.8 Å². The summed E-state index contributed by atoms with van der Waals surface area (Å²) in [4.78, 5) is 22.9. The molecular formula is C11H14O3. The minimum atomic E-state index is -0.883. The molecule has 0 aliphatic heterocycles. The van der Waals surface area contributed by atoms with Crippen LogP contribution in [0, 0.1) is 29.6 Å². The molecular weight excluding hydrogens is 180 g/mol. The van der Waals surface area contributed by atoms with Crippen LogP contribution in [0.4, 0.5) is 0 Å². The number of fused-ring (bicyclic) bond motifs is 2. The highest BCUT2D eigenvalue weighted by molar-refractivity contribution is 6.00. The number of carboxylic acids is 1. The number of hydrogen-bond donors (Lipinski definition) is 1. The van der Waals surface area contributed by atoms with E-state index in [0.29, 0.717) is 11.8 Å². The highest BCUT2D eigenvalue weighted by Crippen LogP contribution is 2.55. The number of rotatable bonds is 1. The highest BCUT2D eigenvalue weighted by atomic mass is 16.4. The van der Waals surface area contributed by atoms with Crippen LogP contribution in [0.15, 0.2) is 0 Å². The van der Waals surface area contributed by atoms with Gasteiger partial charge in [0.05, 0.1) is 0 Å². The molecule has 5 unspecified atom stereocenters. The van der Waals surface area contributed by atoms with E-state index in [1.807, 2.05) is 0 Å². The molecule has 0 amide bonds. The quantitative estimate of drug-likeness (QED) is 0.640. The fourth-order valence-electron chi connectivity index (χ4n) is 4.01. The Hall–Kier alpha value is -0.860. The lowest BCUT2D eigenvalue weighted by Crippen LogP contribution is -2.42. The Morgan fingerprint density at radius 2 is 1.86 bits per heavy atom. The van der Waals surface area contributed by atoms with Crippen LogP contribution in [0.25, 0.3) is 0 Å². The van der Waals surface area contributed by atoms with Gasteiger partial charge in [-0.2, -0.15) is 0 Å². The molecule has 1 N–H and O–H groups in total. The summed E-state index contributed by atoms with van der Waals surface area (Å²) in [5, 5.41) is 9.04. The van der Waals surface area contributed by atoms with Gasteiger partial charge in [0.2, 0.25) is 0 Å². The second-order valence-corrected chi connectivity index (χ2v) is 5.15. The monoisotopic (exact) mass is 194 g/mol. The SMILES string of the molecule is O=C(O)C1C(=O)C2CC3CC2CC1C3. The van der Waals surface area contributed by atoms with Gasteiger partial charge in [-0.15, -0.1) is 0 Å². The average molecular weight is 194 g/mol. The molecule has 3 heteroatoms. The second kappa shape index (κ2) is 2.59. The van der Waals surface area contributed by atoms with Gasteiger partial charge < -0.3 is 5.11 Å². The van der Waals surface area contributed by atoms with Crippen molar-refractivity contribution in [1.29, 1.82) is 0 Å². The third kappa shape index (κ3) is 0.928. The van der Waals surface area contributed by atoms with Gasteiger partial charge in [0, 0.05) is 5.92 Å². The molecule has 0 aromatic heterocycles. The number of carbonyl (C=O) groups excluding carboxylic acids is 1. The van der Waals surface area contributed by atoms with Crippen molar-refractivity contribution in [3.63, 3.8) is 0 Å². The molecule has 0 heterocycles. The molecule has 3 saturated carbocycles. The van der Waals surface area contributed by atoms with Crippen LogP contribution >= 0.6 is 0 Å². The Morgan fingerprint density at radius 3 is 2.57 bits per heavy atom. The van der Waals surface area contributed by atoms with Gasteiger partial charge in [-0.1, -0.05) is 0 Å². The first-order chi connectivity index (χ1) is 6.66. The van der Waals surface area contributed by atoms with Gasteiger partial charge in [-0.05, 0) is 43.4 Å². The zero-order chi connectivity index (χ0) is 9.87. The second-order valence-electron chi connectivity index (χ2n) is 5.15. The van der Waals surface area contributed by atoms with E-state index in [1.54, 1.807) is 0 Å². The van der Waals surface area contributed by atoms with Crippen LogP contribution in [0.5, 0.6) is 0 Å². The average Bonchev–Trinajstić information content (AvgIpc) is 2.34. The number of carboxylic acid groups (broad SMARTS) is 1. The van der Waals surface area contributed by atoms with E-state index in [9.17, 15) is 9.59 Å². The van der Waals surface area contributed by atoms with Gasteiger partial charge in [-0.25, -0.2) is 0 Å². The molecule has 3 aliphatic rings. The maximum Gasteiger partial charge on any atom is 0.314 e. The summed E-state index contributed by atoms with van der Waals surface area (Å²) in [6, 6.07) is 0. The fraction of sp³-hybridized carbons (Fsp3) is 0.818. The standard InChI is InChI=1S/C11H14O3/c12-10-8-3-5-1-6(8)4-7(2-5)9(10)11(13)14/h5-9H,1-4H2,(H,13,14). The molecule has 0 aromatic rings. The number of carbonyl (C=O) groups is 2. The molecule has 0 aromatic carbocycles. The van der Waals surface area contributed by atoms with Crippen LogP contribution in [0.2, 0.25) is 0 Å². The summed E-state index contributed by atoms with van der Waals surface area (Å²) in [6.45, 7) is 0. The lowest BCUT2D eigenvalue weighted by atomic mass is 9.66. The van der Waals surface area contributed by atoms with Crippen LogP contribution in [0.3, 0.4) is 0 Å². The molecule has 76 valence electrons. The molecule has 3 aliphatic carbocycles. The van der Waals surface area contributed by atoms with Crippen molar-refractivity contribution in [1.82, 2.24) is 0 Å². The molecule has 0 radical (unpaired) electrons. The van der Waals surface area contributed by atoms with Crippen molar-refractivity contribution in [2.24, 2.45) is 29.6 Å². The fourth-order valence-corrected chi connectivity index (χ4v) is 4.01. The van der Waals surface area contributed by atoms with Gasteiger partial charge >= 0.3 is 5.97 Å². The smallest absolute Gasteiger partial charge is 0.314 e. The third-order valence-electron chi connectivity index (χ3n) is 4.44. The summed E-state index contributed by atoms with van der Waals surface area (Å²) >= 11 is 0. The molecule has 5 atom stereocenters. The Morgan fingerprint density at radius 1 is 1.14 bits per heavy atom. The van der Waals surface area contributed by atoms with Crippen LogP contribution in [-0.4, -0.2) is 16.9 Å². The predicted molar refractivity (Wildman–Crippen MR) is 48.6 cm³/mol. The van der Waals surface area contributed by atoms with Gasteiger partial charge in [0.15, 0.2) is 5.78 Å². The summed E-state index contributed by atoms with van der Waals surface area (Å²) in [5.74, 6) is -0.0763. The van der Waals surface area contributed by atoms with E-state index in [1.165, 1.54) is 6.42 Å². The van der Waals surface area contributed by atoms with E-state index in [0.717, 1.165) is 19.3 Å². The zero-order valence-electron chi connectivity index (χ0n) is 7.98. The first kappa shape index (κ1) is 8.45. The van der Waals surface area contributed by atoms with Crippen molar-refractivity contribution in [2.45, 2.75) is 25.7 Å². The molecule has 3 nitrogen and oxygen atoms in total. The van der Waals surface area contributed by atoms with Crippen molar-refractivity contribution in [2.75, 3.05) is 0 Å². The van der Waals surface area contributed by atoms with E-state index in [-0.39, 0.29) is 17.6 Å². The topological polar surface area (TPSA) is 54.4 Å². The molecule has 0 saturated heterocycles.